The standard InChI is InChI=1S/C24H22N4O4/c1-31-22-12-16(6-11-21(22)32-14-23(25)29)13-26-24(30)17-7-9-18(10-8-17)28-15-27-19-4-2-3-5-20(19)28/h2-12,15H,13-14H2,1H3,(H2,25,29)(H,26,30). The summed E-state index contributed by atoms with van der Waals surface area (Å²) < 4.78 is 12.6. The van der Waals surface area contributed by atoms with E-state index in [1.165, 1.54) is 7.11 Å². The van der Waals surface area contributed by atoms with Crippen molar-refractivity contribution in [3.63, 3.8) is 0 Å². The van der Waals surface area contributed by atoms with Crippen molar-refractivity contribution in [3.8, 4) is 17.2 Å². The number of hydrogen-bond donors (Lipinski definition) is 2. The SMILES string of the molecule is COc1cc(CNC(=O)c2ccc(-n3cnc4ccccc43)cc2)ccc1OCC(N)=O. The number of methoxy groups -OCH3 is 1. The van der Waals surface area contributed by atoms with Gasteiger partial charge in [-0.15, -0.1) is 0 Å². The Balaban J connectivity index is 1.41. The molecule has 3 aromatic carbocycles. The number of ether oxygens (including phenoxy) is 2. The third kappa shape index (κ3) is 4.54. The Bertz CT molecular complexity index is 1260. The molecule has 0 aliphatic heterocycles. The minimum atomic E-state index is -0.573. The molecule has 32 heavy (non-hydrogen) atoms. The molecule has 1 heterocycles. The molecule has 3 N–H and O–H groups in total. The first-order chi connectivity index (χ1) is 15.5. The molecule has 162 valence electrons. The Morgan fingerprint density at radius 3 is 2.56 bits per heavy atom. The van der Waals surface area contributed by atoms with Crippen LogP contribution in [0.15, 0.2) is 73.1 Å². The number of nitrogens with one attached hydrogen (secondary N) is 1. The normalized spacial score (nSPS) is 10.7. The van der Waals surface area contributed by atoms with E-state index in [1.807, 2.05) is 41.0 Å². The van der Waals surface area contributed by atoms with E-state index in [2.05, 4.69) is 10.3 Å². The largest absolute Gasteiger partial charge is 0.493 e. The number of amides is 2. The number of rotatable bonds is 8. The van der Waals surface area contributed by atoms with Crippen LogP contribution < -0.4 is 20.5 Å². The molecule has 0 spiro atoms. The fourth-order valence-electron chi connectivity index (χ4n) is 3.31. The Morgan fingerprint density at radius 1 is 1.03 bits per heavy atom. The topological polar surface area (TPSA) is 108 Å². The summed E-state index contributed by atoms with van der Waals surface area (Å²) in [6.07, 6.45) is 1.77. The average Bonchev–Trinajstić information content (AvgIpc) is 3.25. The lowest BCUT2D eigenvalue weighted by Gasteiger charge is -2.12. The fourth-order valence-corrected chi connectivity index (χ4v) is 3.31. The molecule has 0 aliphatic rings. The minimum Gasteiger partial charge on any atom is -0.493 e. The first-order valence-electron chi connectivity index (χ1n) is 9.94. The quantitative estimate of drug-likeness (QED) is 0.447. The second-order valence-corrected chi connectivity index (χ2v) is 7.07. The smallest absolute Gasteiger partial charge is 0.255 e. The van der Waals surface area contributed by atoms with Gasteiger partial charge in [0.1, 0.15) is 6.33 Å². The maximum absolute atomic E-state index is 12.6. The second-order valence-electron chi connectivity index (χ2n) is 7.07. The molecule has 0 saturated heterocycles. The molecule has 0 atom stereocenters. The van der Waals surface area contributed by atoms with Gasteiger partial charge in [-0.1, -0.05) is 18.2 Å². The van der Waals surface area contributed by atoms with E-state index >= 15 is 0 Å². The van der Waals surface area contributed by atoms with Crippen molar-refractivity contribution in [1.29, 1.82) is 0 Å². The van der Waals surface area contributed by atoms with Crippen molar-refractivity contribution >= 4 is 22.8 Å². The number of fused-ring (bicyclic) bond motifs is 1. The summed E-state index contributed by atoms with van der Waals surface area (Å²) in [5.41, 5.74) is 9.31. The molecule has 8 heteroatoms. The van der Waals surface area contributed by atoms with Gasteiger partial charge in [0, 0.05) is 17.8 Å². The number of benzene rings is 3. The first-order valence-corrected chi connectivity index (χ1v) is 9.94. The van der Waals surface area contributed by atoms with Crippen LogP contribution in [0.3, 0.4) is 0 Å². The van der Waals surface area contributed by atoms with Gasteiger partial charge < -0.3 is 20.5 Å². The summed E-state index contributed by atoms with van der Waals surface area (Å²) in [7, 11) is 1.50. The van der Waals surface area contributed by atoms with Gasteiger partial charge in [-0.2, -0.15) is 0 Å². The fraction of sp³-hybridized carbons (Fsp3) is 0.125. The number of aromatic nitrogens is 2. The monoisotopic (exact) mass is 430 g/mol. The van der Waals surface area contributed by atoms with Gasteiger partial charge in [-0.3, -0.25) is 14.2 Å². The highest BCUT2D eigenvalue weighted by molar-refractivity contribution is 5.94. The number of nitrogens with zero attached hydrogens (tertiary/aromatic N) is 2. The van der Waals surface area contributed by atoms with E-state index in [-0.39, 0.29) is 12.5 Å². The van der Waals surface area contributed by atoms with E-state index < -0.39 is 5.91 Å². The molecule has 4 rings (SSSR count). The van der Waals surface area contributed by atoms with Crippen molar-refractivity contribution in [2.45, 2.75) is 6.54 Å². The zero-order valence-electron chi connectivity index (χ0n) is 17.4. The molecular weight excluding hydrogens is 408 g/mol. The van der Waals surface area contributed by atoms with E-state index in [0.717, 1.165) is 22.3 Å². The number of carbonyl (C=O) groups excluding carboxylic acids is 2. The number of nitrogens with two attached hydrogens (primary N) is 1. The van der Waals surface area contributed by atoms with Crippen LogP contribution in [0.25, 0.3) is 16.7 Å². The summed E-state index contributed by atoms with van der Waals surface area (Å²) in [4.78, 5) is 27.9. The third-order valence-electron chi connectivity index (χ3n) is 4.91. The highest BCUT2D eigenvalue weighted by Gasteiger charge is 2.10. The Morgan fingerprint density at radius 2 is 1.81 bits per heavy atom. The summed E-state index contributed by atoms with van der Waals surface area (Å²) >= 11 is 0. The van der Waals surface area contributed by atoms with Gasteiger partial charge in [0.15, 0.2) is 18.1 Å². The minimum absolute atomic E-state index is 0.194. The molecule has 2 amide bonds. The van der Waals surface area contributed by atoms with Crippen LogP contribution in [0.4, 0.5) is 0 Å². The van der Waals surface area contributed by atoms with Crippen LogP contribution in [-0.4, -0.2) is 35.1 Å². The Labute approximate surface area is 184 Å². The number of hydrogen-bond acceptors (Lipinski definition) is 5. The van der Waals surface area contributed by atoms with Crippen LogP contribution in [-0.2, 0) is 11.3 Å². The highest BCUT2D eigenvalue weighted by Crippen LogP contribution is 2.28. The van der Waals surface area contributed by atoms with Crippen LogP contribution in [0.5, 0.6) is 11.5 Å². The summed E-state index contributed by atoms with van der Waals surface area (Å²) in [6.45, 7) is 0.0660. The average molecular weight is 430 g/mol. The van der Waals surface area contributed by atoms with Gasteiger partial charge in [0.05, 0.1) is 18.1 Å². The maximum atomic E-state index is 12.6. The molecule has 0 fully saturated rings. The molecule has 4 aromatic rings. The van der Waals surface area contributed by atoms with Gasteiger partial charge in [0.25, 0.3) is 11.8 Å². The van der Waals surface area contributed by atoms with Crippen LogP contribution >= 0.6 is 0 Å². The molecule has 1 aromatic heterocycles. The van der Waals surface area contributed by atoms with Crippen molar-refractivity contribution < 1.29 is 19.1 Å². The van der Waals surface area contributed by atoms with E-state index in [9.17, 15) is 9.59 Å². The zero-order valence-corrected chi connectivity index (χ0v) is 17.4. The molecule has 0 aliphatic carbocycles. The Kier molecular flexibility index (Phi) is 6.03. The van der Waals surface area contributed by atoms with Crippen molar-refractivity contribution in [2.24, 2.45) is 5.73 Å². The summed E-state index contributed by atoms with van der Waals surface area (Å²) in [5.74, 6) is 0.0922. The Hall–Kier alpha value is -4.33. The maximum Gasteiger partial charge on any atom is 0.255 e. The lowest BCUT2D eigenvalue weighted by molar-refractivity contribution is -0.119. The van der Waals surface area contributed by atoms with Gasteiger partial charge in [-0.05, 0) is 54.1 Å². The zero-order chi connectivity index (χ0) is 22.5. The number of primary amides is 1. The van der Waals surface area contributed by atoms with E-state index in [0.29, 0.717) is 23.6 Å². The number of imidazole rings is 1. The highest BCUT2D eigenvalue weighted by atomic mass is 16.5. The lowest BCUT2D eigenvalue weighted by Crippen LogP contribution is -2.23. The summed E-state index contributed by atoms with van der Waals surface area (Å²) in [5, 5.41) is 2.89. The predicted octanol–water partition coefficient (Wildman–Crippen LogP) is 2.83. The van der Waals surface area contributed by atoms with E-state index in [1.54, 1.807) is 36.7 Å². The van der Waals surface area contributed by atoms with Gasteiger partial charge >= 0.3 is 0 Å². The lowest BCUT2D eigenvalue weighted by atomic mass is 10.1. The van der Waals surface area contributed by atoms with Crippen molar-refractivity contribution in [3.05, 3.63) is 84.2 Å². The van der Waals surface area contributed by atoms with Gasteiger partial charge in [0.2, 0.25) is 0 Å². The molecule has 0 bridgehead atoms. The van der Waals surface area contributed by atoms with Crippen molar-refractivity contribution in [2.75, 3.05) is 13.7 Å². The molecule has 0 radical (unpaired) electrons. The molecule has 0 unspecified atom stereocenters. The van der Waals surface area contributed by atoms with Crippen molar-refractivity contribution in [1.82, 2.24) is 14.9 Å². The second kappa shape index (κ2) is 9.22. The number of para-hydroxylation sites is 2. The van der Waals surface area contributed by atoms with Crippen LogP contribution in [0.2, 0.25) is 0 Å². The molecule has 8 nitrogen and oxygen atoms in total. The van der Waals surface area contributed by atoms with Gasteiger partial charge in [-0.25, -0.2) is 4.98 Å². The number of carbonyl (C=O) groups is 2. The summed E-state index contributed by atoms with van der Waals surface area (Å²) in [6, 6.07) is 20.4. The van der Waals surface area contributed by atoms with Crippen LogP contribution in [0.1, 0.15) is 15.9 Å². The molecular formula is C24H22N4O4. The third-order valence-corrected chi connectivity index (χ3v) is 4.91. The first kappa shape index (κ1) is 20.9. The molecule has 0 saturated carbocycles. The van der Waals surface area contributed by atoms with Crippen LogP contribution in [0, 0.1) is 0 Å². The van der Waals surface area contributed by atoms with E-state index in [4.69, 9.17) is 15.2 Å². The predicted molar refractivity (Wildman–Crippen MR) is 120 cm³/mol.